The number of hydrogen-bond acceptors (Lipinski definition) is 2. The summed E-state index contributed by atoms with van der Waals surface area (Å²) in [6.45, 7) is 7.25. The topological polar surface area (TPSA) is 29.5 Å². The zero-order valence-corrected chi connectivity index (χ0v) is 10.7. The van der Waals surface area contributed by atoms with Gasteiger partial charge in [-0.1, -0.05) is 46.5 Å². The first-order valence-electron chi connectivity index (χ1n) is 6.49. The molecule has 0 radical (unpaired) electrons. The Morgan fingerprint density at radius 2 is 1.53 bits per heavy atom. The minimum absolute atomic E-state index is 0.0365. The van der Waals surface area contributed by atoms with Crippen molar-refractivity contribution >= 4 is 0 Å². The van der Waals surface area contributed by atoms with Crippen LogP contribution in [0.2, 0.25) is 0 Å². The minimum atomic E-state index is 0.0365. The van der Waals surface area contributed by atoms with Crippen molar-refractivity contribution < 1.29 is 9.84 Å². The van der Waals surface area contributed by atoms with Gasteiger partial charge in [0.15, 0.2) is 0 Å². The van der Waals surface area contributed by atoms with Crippen LogP contribution < -0.4 is 0 Å². The molecule has 0 amide bonds. The fourth-order valence-electron chi connectivity index (χ4n) is 1.98. The van der Waals surface area contributed by atoms with Gasteiger partial charge in [0.05, 0.1) is 18.8 Å². The molecule has 92 valence electrons. The Balaban J connectivity index is 4.16. The summed E-state index contributed by atoms with van der Waals surface area (Å²) in [6.07, 6.45) is 8.23. The Labute approximate surface area is 95.0 Å². The summed E-state index contributed by atoms with van der Waals surface area (Å²) >= 11 is 0. The third-order valence-corrected chi connectivity index (χ3v) is 3.12. The first-order valence-corrected chi connectivity index (χ1v) is 6.49. The van der Waals surface area contributed by atoms with Gasteiger partial charge >= 0.3 is 0 Å². The van der Waals surface area contributed by atoms with Crippen molar-refractivity contribution in [2.75, 3.05) is 13.2 Å². The summed E-state index contributed by atoms with van der Waals surface area (Å²) in [5, 5.41) is 8.85. The van der Waals surface area contributed by atoms with Crippen molar-refractivity contribution in [3.63, 3.8) is 0 Å². The molecule has 1 N–H and O–H groups in total. The minimum Gasteiger partial charge on any atom is -0.394 e. The Morgan fingerprint density at radius 1 is 1.00 bits per heavy atom. The van der Waals surface area contributed by atoms with Crippen LogP contribution in [0.1, 0.15) is 65.7 Å². The van der Waals surface area contributed by atoms with Gasteiger partial charge in [0.2, 0.25) is 0 Å². The maximum Gasteiger partial charge on any atom is 0.0705 e. The van der Waals surface area contributed by atoms with Gasteiger partial charge in [0.1, 0.15) is 0 Å². The third-order valence-electron chi connectivity index (χ3n) is 3.12. The molecule has 0 unspecified atom stereocenters. The average Bonchev–Trinajstić information content (AvgIpc) is 2.29. The highest BCUT2D eigenvalue weighted by Gasteiger charge is 2.27. The number of unbranched alkanes of at least 4 members (excludes halogenated alkanes) is 2. The Hall–Kier alpha value is -0.0800. The van der Waals surface area contributed by atoms with Gasteiger partial charge in [-0.2, -0.15) is 0 Å². The molecule has 15 heavy (non-hydrogen) atoms. The molecule has 0 rings (SSSR count). The number of ether oxygens (including phenoxy) is 1. The number of aliphatic hydroxyl groups excluding tert-OH is 1. The van der Waals surface area contributed by atoms with Crippen LogP contribution in [-0.2, 0) is 4.74 Å². The second kappa shape index (κ2) is 9.17. The van der Waals surface area contributed by atoms with E-state index in [1.807, 2.05) is 0 Å². The molecule has 2 nitrogen and oxygen atoms in total. The molecule has 0 aromatic heterocycles. The van der Waals surface area contributed by atoms with Gasteiger partial charge in [-0.25, -0.2) is 0 Å². The van der Waals surface area contributed by atoms with Crippen molar-refractivity contribution in [2.45, 2.75) is 71.3 Å². The normalized spacial score (nSPS) is 12.0. The van der Waals surface area contributed by atoms with Gasteiger partial charge in [-0.05, 0) is 19.3 Å². The molecule has 0 atom stereocenters. The maximum atomic E-state index is 8.85. The number of rotatable bonds is 10. The highest BCUT2D eigenvalue weighted by molar-refractivity contribution is 4.79. The van der Waals surface area contributed by atoms with E-state index in [4.69, 9.17) is 9.84 Å². The van der Waals surface area contributed by atoms with Crippen molar-refractivity contribution in [1.29, 1.82) is 0 Å². The molecular formula is C13H28O2. The summed E-state index contributed by atoms with van der Waals surface area (Å²) in [4.78, 5) is 0. The lowest BCUT2D eigenvalue weighted by molar-refractivity contribution is -0.0738. The van der Waals surface area contributed by atoms with E-state index in [0.29, 0.717) is 6.61 Å². The van der Waals surface area contributed by atoms with Gasteiger partial charge in [-0.15, -0.1) is 0 Å². The molecule has 0 aromatic rings. The van der Waals surface area contributed by atoms with E-state index in [1.165, 1.54) is 25.7 Å². The highest BCUT2D eigenvalue weighted by atomic mass is 16.5. The molecule has 0 saturated heterocycles. The van der Waals surface area contributed by atoms with Crippen LogP contribution in [0.5, 0.6) is 0 Å². The Bertz CT molecular complexity index is 113. The maximum absolute atomic E-state index is 8.85. The van der Waals surface area contributed by atoms with Crippen molar-refractivity contribution in [3.8, 4) is 0 Å². The summed E-state index contributed by atoms with van der Waals surface area (Å²) in [7, 11) is 0. The van der Waals surface area contributed by atoms with Crippen LogP contribution in [0.25, 0.3) is 0 Å². The molecule has 0 heterocycles. The lowest BCUT2D eigenvalue weighted by Gasteiger charge is -2.33. The van der Waals surface area contributed by atoms with Gasteiger partial charge < -0.3 is 9.84 Å². The second-order valence-corrected chi connectivity index (χ2v) is 4.32. The average molecular weight is 216 g/mol. The molecule has 0 aliphatic rings. The van der Waals surface area contributed by atoms with E-state index in [9.17, 15) is 0 Å². The predicted molar refractivity (Wildman–Crippen MR) is 65.1 cm³/mol. The van der Waals surface area contributed by atoms with E-state index in [1.54, 1.807) is 0 Å². The standard InChI is InChI=1S/C13H28O2/c1-4-7-9-13(6-3,10-8-5-2)15-12-11-14/h14H,4-12H2,1-3H3. The lowest BCUT2D eigenvalue weighted by Crippen LogP contribution is -2.33. The smallest absolute Gasteiger partial charge is 0.0705 e. The summed E-state index contributed by atoms with van der Waals surface area (Å²) < 4.78 is 5.88. The molecule has 0 bridgehead atoms. The van der Waals surface area contributed by atoms with Crippen LogP contribution in [0.3, 0.4) is 0 Å². The number of hydrogen-bond donors (Lipinski definition) is 1. The zero-order chi connectivity index (χ0) is 11.6. The highest BCUT2D eigenvalue weighted by Crippen LogP contribution is 2.29. The van der Waals surface area contributed by atoms with Crippen molar-refractivity contribution in [2.24, 2.45) is 0 Å². The quantitative estimate of drug-likeness (QED) is 0.605. The molecule has 0 saturated carbocycles. The van der Waals surface area contributed by atoms with E-state index in [2.05, 4.69) is 20.8 Å². The largest absolute Gasteiger partial charge is 0.394 e. The lowest BCUT2D eigenvalue weighted by atomic mass is 9.88. The van der Waals surface area contributed by atoms with Crippen LogP contribution in [0.15, 0.2) is 0 Å². The van der Waals surface area contributed by atoms with Crippen LogP contribution in [-0.4, -0.2) is 23.9 Å². The number of aliphatic hydroxyl groups is 1. The zero-order valence-electron chi connectivity index (χ0n) is 10.7. The van der Waals surface area contributed by atoms with Crippen molar-refractivity contribution in [3.05, 3.63) is 0 Å². The second-order valence-electron chi connectivity index (χ2n) is 4.32. The van der Waals surface area contributed by atoms with Gasteiger partial charge in [-0.3, -0.25) is 0 Å². The first kappa shape index (κ1) is 14.9. The molecule has 0 spiro atoms. The molecule has 2 heteroatoms. The van der Waals surface area contributed by atoms with Crippen molar-refractivity contribution in [1.82, 2.24) is 0 Å². The van der Waals surface area contributed by atoms with Crippen LogP contribution in [0, 0.1) is 0 Å². The van der Waals surface area contributed by atoms with Crippen LogP contribution >= 0.6 is 0 Å². The first-order chi connectivity index (χ1) is 7.24. The molecule has 0 aromatic carbocycles. The Morgan fingerprint density at radius 3 is 1.87 bits per heavy atom. The molecule has 0 aliphatic carbocycles. The predicted octanol–water partition coefficient (Wildman–Crippen LogP) is 3.52. The molecule has 0 aliphatic heterocycles. The van der Waals surface area contributed by atoms with Gasteiger partial charge in [0, 0.05) is 0 Å². The van der Waals surface area contributed by atoms with E-state index < -0.39 is 0 Å². The van der Waals surface area contributed by atoms with Gasteiger partial charge in [0.25, 0.3) is 0 Å². The van der Waals surface area contributed by atoms with E-state index in [-0.39, 0.29) is 12.2 Å². The van der Waals surface area contributed by atoms with E-state index in [0.717, 1.165) is 19.3 Å². The fraction of sp³-hybridized carbons (Fsp3) is 1.00. The SMILES string of the molecule is CCCCC(CC)(CCCC)OCCO. The summed E-state index contributed by atoms with van der Waals surface area (Å²) in [6, 6.07) is 0. The Kier molecular flexibility index (Phi) is 9.12. The molecule has 0 fully saturated rings. The van der Waals surface area contributed by atoms with E-state index >= 15 is 0 Å². The monoisotopic (exact) mass is 216 g/mol. The third kappa shape index (κ3) is 6.16. The summed E-state index contributed by atoms with van der Waals surface area (Å²) in [5.74, 6) is 0. The fourth-order valence-corrected chi connectivity index (χ4v) is 1.98. The summed E-state index contributed by atoms with van der Waals surface area (Å²) in [5.41, 5.74) is 0.0365. The molecular weight excluding hydrogens is 188 g/mol. The van der Waals surface area contributed by atoms with Crippen LogP contribution in [0.4, 0.5) is 0 Å².